The molecule has 1 aliphatic carbocycles. The zero-order chi connectivity index (χ0) is 11.8. The van der Waals surface area contributed by atoms with Gasteiger partial charge in [0.15, 0.2) is 5.82 Å². The molecule has 1 saturated carbocycles. The summed E-state index contributed by atoms with van der Waals surface area (Å²) in [6.07, 6.45) is 4.32. The average molecular weight is 221 g/mol. The molecule has 1 aromatic rings. The first-order valence-electron chi connectivity index (χ1n) is 5.75. The number of aromatic nitrogens is 2. The SMILES string of the molecule is COC1(c2nc(C)c(C)c(N)n2)CCCC1. The van der Waals surface area contributed by atoms with Crippen molar-refractivity contribution in [1.29, 1.82) is 0 Å². The Balaban J connectivity index is 2.47. The lowest BCUT2D eigenvalue weighted by molar-refractivity contribution is -0.0163. The van der Waals surface area contributed by atoms with Gasteiger partial charge in [-0.2, -0.15) is 0 Å². The lowest BCUT2D eigenvalue weighted by Crippen LogP contribution is -2.28. The third-order valence-electron chi connectivity index (χ3n) is 3.64. The van der Waals surface area contributed by atoms with Gasteiger partial charge in [0.05, 0.1) is 0 Å². The lowest BCUT2D eigenvalue weighted by Gasteiger charge is -2.26. The largest absolute Gasteiger partial charge is 0.383 e. The summed E-state index contributed by atoms with van der Waals surface area (Å²) < 4.78 is 5.65. The van der Waals surface area contributed by atoms with E-state index in [0.29, 0.717) is 5.82 Å². The standard InChI is InChI=1S/C12H19N3O/c1-8-9(2)14-11(15-10(8)13)12(16-3)6-4-5-7-12/h4-7H2,1-3H3,(H2,13,14,15). The second-order valence-electron chi connectivity index (χ2n) is 4.55. The molecule has 4 nitrogen and oxygen atoms in total. The fourth-order valence-corrected chi connectivity index (χ4v) is 2.32. The molecule has 0 atom stereocenters. The van der Waals surface area contributed by atoms with E-state index in [1.165, 1.54) is 12.8 Å². The molecule has 88 valence electrons. The maximum atomic E-state index is 5.90. The molecule has 1 aliphatic rings. The molecule has 0 amide bonds. The molecule has 0 spiro atoms. The van der Waals surface area contributed by atoms with Crippen LogP contribution in [0.3, 0.4) is 0 Å². The molecule has 1 fully saturated rings. The van der Waals surface area contributed by atoms with Crippen molar-refractivity contribution >= 4 is 5.82 Å². The quantitative estimate of drug-likeness (QED) is 0.830. The van der Waals surface area contributed by atoms with Gasteiger partial charge in [-0.1, -0.05) is 0 Å². The number of aryl methyl sites for hydroxylation is 1. The molecule has 0 aromatic carbocycles. The topological polar surface area (TPSA) is 61.0 Å². The predicted octanol–water partition coefficient (Wildman–Crippen LogP) is 2.09. The molecular weight excluding hydrogens is 202 g/mol. The van der Waals surface area contributed by atoms with Gasteiger partial charge in [-0.25, -0.2) is 9.97 Å². The molecule has 0 bridgehead atoms. The minimum Gasteiger partial charge on any atom is -0.383 e. The minimum atomic E-state index is -0.299. The third kappa shape index (κ3) is 1.67. The second kappa shape index (κ2) is 4.01. The number of hydrogen-bond acceptors (Lipinski definition) is 4. The van der Waals surface area contributed by atoms with Crippen LogP contribution in [0, 0.1) is 13.8 Å². The van der Waals surface area contributed by atoms with Crippen LogP contribution in [0.2, 0.25) is 0 Å². The molecular formula is C12H19N3O. The zero-order valence-electron chi connectivity index (χ0n) is 10.2. The number of anilines is 1. The number of methoxy groups -OCH3 is 1. The fraction of sp³-hybridized carbons (Fsp3) is 0.667. The number of rotatable bonds is 2. The number of nitrogens with zero attached hydrogens (tertiary/aromatic N) is 2. The summed E-state index contributed by atoms with van der Waals surface area (Å²) in [6.45, 7) is 3.91. The molecule has 2 N–H and O–H groups in total. The van der Waals surface area contributed by atoms with Crippen molar-refractivity contribution in [2.45, 2.75) is 45.1 Å². The van der Waals surface area contributed by atoms with Crippen LogP contribution in [0.1, 0.15) is 42.8 Å². The number of nitrogen functional groups attached to an aromatic ring is 1. The predicted molar refractivity (Wildman–Crippen MR) is 63.1 cm³/mol. The van der Waals surface area contributed by atoms with Gasteiger partial charge in [-0.3, -0.25) is 0 Å². The molecule has 1 heterocycles. The van der Waals surface area contributed by atoms with E-state index in [4.69, 9.17) is 10.5 Å². The van der Waals surface area contributed by atoms with Gasteiger partial charge in [-0.05, 0) is 39.5 Å². The first-order chi connectivity index (χ1) is 7.59. The van der Waals surface area contributed by atoms with E-state index < -0.39 is 0 Å². The van der Waals surface area contributed by atoms with Gasteiger partial charge in [0.1, 0.15) is 11.4 Å². The molecule has 16 heavy (non-hydrogen) atoms. The highest BCUT2D eigenvalue weighted by Crippen LogP contribution is 2.40. The van der Waals surface area contributed by atoms with Crippen LogP contribution < -0.4 is 5.73 Å². The molecule has 0 unspecified atom stereocenters. The van der Waals surface area contributed by atoms with E-state index in [-0.39, 0.29) is 5.60 Å². The fourth-order valence-electron chi connectivity index (χ4n) is 2.32. The summed E-state index contributed by atoms with van der Waals surface area (Å²) >= 11 is 0. The Labute approximate surface area is 96.2 Å². The number of hydrogen-bond donors (Lipinski definition) is 1. The van der Waals surface area contributed by atoms with Gasteiger partial charge < -0.3 is 10.5 Å². The van der Waals surface area contributed by atoms with Gasteiger partial charge in [-0.15, -0.1) is 0 Å². The van der Waals surface area contributed by atoms with Crippen molar-refractivity contribution in [1.82, 2.24) is 9.97 Å². The van der Waals surface area contributed by atoms with Crippen molar-refractivity contribution in [3.8, 4) is 0 Å². The third-order valence-corrected chi connectivity index (χ3v) is 3.64. The Morgan fingerprint density at radius 3 is 2.31 bits per heavy atom. The maximum Gasteiger partial charge on any atom is 0.162 e. The summed E-state index contributed by atoms with van der Waals surface area (Å²) in [5.74, 6) is 1.33. The van der Waals surface area contributed by atoms with Crippen LogP contribution in [-0.2, 0) is 10.3 Å². The van der Waals surface area contributed by atoms with Crippen molar-refractivity contribution < 1.29 is 4.74 Å². The second-order valence-corrected chi connectivity index (χ2v) is 4.55. The first kappa shape index (κ1) is 11.3. The highest BCUT2D eigenvalue weighted by Gasteiger charge is 2.38. The van der Waals surface area contributed by atoms with Crippen LogP contribution in [0.4, 0.5) is 5.82 Å². The van der Waals surface area contributed by atoms with E-state index in [0.717, 1.165) is 29.9 Å². The van der Waals surface area contributed by atoms with Crippen LogP contribution in [-0.4, -0.2) is 17.1 Å². The number of ether oxygens (including phenoxy) is 1. The van der Waals surface area contributed by atoms with Crippen LogP contribution in [0.15, 0.2) is 0 Å². The molecule has 4 heteroatoms. The smallest absolute Gasteiger partial charge is 0.162 e. The summed E-state index contributed by atoms with van der Waals surface area (Å²) in [7, 11) is 1.74. The van der Waals surface area contributed by atoms with Crippen LogP contribution >= 0.6 is 0 Å². The normalized spacial score (nSPS) is 18.9. The molecule has 0 saturated heterocycles. The first-order valence-corrected chi connectivity index (χ1v) is 5.75. The summed E-state index contributed by atoms with van der Waals surface area (Å²) in [6, 6.07) is 0. The number of nitrogens with two attached hydrogens (primary N) is 1. The highest BCUT2D eigenvalue weighted by atomic mass is 16.5. The van der Waals surface area contributed by atoms with E-state index in [1.807, 2.05) is 13.8 Å². The van der Waals surface area contributed by atoms with Gasteiger partial charge >= 0.3 is 0 Å². The van der Waals surface area contributed by atoms with Crippen molar-refractivity contribution in [3.63, 3.8) is 0 Å². The molecule has 2 rings (SSSR count). The maximum absolute atomic E-state index is 5.90. The Morgan fingerprint density at radius 2 is 1.81 bits per heavy atom. The molecule has 1 aromatic heterocycles. The summed E-state index contributed by atoms with van der Waals surface area (Å²) in [4.78, 5) is 8.94. The van der Waals surface area contributed by atoms with E-state index >= 15 is 0 Å². The van der Waals surface area contributed by atoms with E-state index in [2.05, 4.69) is 9.97 Å². The summed E-state index contributed by atoms with van der Waals surface area (Å²) in [5.41, 5.74) is 7.51. The average Bonchev–Trinajstić information content (AvgIpc) is 2.75. The Hall–Kier alpha value is -1.16. The molecule has 0 aliphatic heterocycles. The Kier molecular flexibility index (Phi) is 2.84. The van der Waals surface area contributed by atoms with Crippen molar-refractivity contribution in [2.24, 2.45) is 0 Å². The Bertz CT molecular complexity index is 374. The van der Waals surface area contributed by atoms with Gasteiger partial charge in [0, 0.05) is 18.4 Å². The monoisotopic (exact) mass is 221 g/mol. The van der Waals surface area contributed by atoms with Crippen LogP contribution in [0.25, 0.3) is 0 Å². The van der Waals surface area contributed by atoms with E-state index in [9.17, 15) is 0 Å². The van der Waals surface area contributed by atoms with Crippen molar-refractivity contribution in [2.75, 3.05) is 12.8 Å². The van der Waals surface area contributed by atoms with Crippen LogP contribution in [0.5, 0.6) is 0 Å². The van der Waals surface area contributed by atoms with Gasteiger partial charge in [0.2, 0.25) is 0 Å². The zero-order valence-corrected chi connectivity index (χ0v) is 10.2. The highest BCUT2D eigenvalue weighted by molar-refractivity contribution is 5.41. The Morgan fingerprint density at radius 1 is 1.19 bits per heavy atom. The minimum absolute atomic E-state index is 0.299. The van der Waals surface area contributed by atoms with Gasteiger partial charge in [0.25, 0.3) is 0 Å². The van der Waals surface area contributed by atoms with Crippen molar-refractivity contribution in [3.05, 3.63) is 17.1 Å². The van der Waals surface area contributed by atoms with E-state index in [1.54, 1.807) is 7.11 Å². The molecule has 0 radical (unpaired) electrons. The summed E-state index contributed by atoms with van der Waals surface area (Å²) in [5, 5.41) is 0. The lowest BCUT2D eigenvalue weighted by atomic mass is 10.0.